The predicted molar refractivity (Wildman–Crippen MR) is 60.9 cm³/mol. The maximum Gasteiger partial charge on any atom is 0.241 e. The highest BCUT2D eigenvalue weighted by molar-refractivity contribution is 9.10. The summed E-state index contributed by atoms with van der Waals surface area (Å²) in [5, 5.41) is 8.87. The summed E-state index contributed by atoms with van der Waals surface area (Å²) < 4.78 is 26.1. The topological polar surface area (TPSA) is 66.4 Å². The van der Waals surface area contributed by atoms with Crippen LogP contribution in [0.2, 0.25) is 0 Å². The zero-order chi connectivity index (χ0) is 11.5. The van der Waals surface area contributed by atoms with E-state index in [2.05, 4.69) is 20.7 Å². The third-order valence-electron chi connectivity index (χ3n) is 1.80. The second kappa shape index (κ2) is 5.07. The van der Waals surface area contributed by atoms with Gasteiger partial charge in [-0.2, -0.15) is 0 Å². The second-order valence-electron chi connectivity index (χ2n) is 2.92. The lowest BCUT2D eigenvalue weighted by atomic mass is 10.2. The van der Waals surface area contributed by atoms with E-state index in [-0.39, 0.29) is 11.5 Å². The van der Waals surface area contributed by atoms with E-state index in [1.807, 2.05) is 0 Å². The Kier molecular flexibility index (Phi) is 4.27. The van der Waals surface area contributed by atoms with Gasteiger partial charge in [0, 0.05) is 11.0 Å². The number of sulfonamides is 1. The molecule has 0 aliphatic carbocycles. The molecule has 15 heavy (non-hydrogen) atoms. The van der Waals surface area contributed by atoms with E-state index in [9.17, 15) is 8.42 Å². The zero-order valence-electron chi connectivity index (χ0n) is 8.20. The molecule has 0 saturated carbocycles. The van der Waals surface area contributed by atoms with Crippen LogP contribution in [0, 0.1) is 0 Å². The SMILES string of the molecule is CCNS(=O)(=O)c1ccc(CO)cc1Br. The van der Waals surface area contributed by atoms with Gasteiger partial charge in [0.2, 0.25) is 10.0 Å². The Bertz CT molecular complexity index is 445. The van der Waals surface area contributed by atoms with Crippen LogP contribution in [-0.4, -0.2) is 20.1 Å². The summed E-state index contributed by atoms with van der Waals surface area (Å²) in [6, 6.07) is 4.63. The molecule has 0 aliphatic rings. The molecule has 0 atom stereocenters. The highest BCUT2D eigenvalue weighted by Gasteiger charge is 2.16. The lowest BCUT2D eigenvalue weighted by Gasteiger charge is -2.07. The molecule has 0 spiro atoms. The minimum Gasteiger partial charge on any atom is -0.392 e. The largest absolute Gasteiger partial charge is 0.392 e. The highest BCUT2D eigenvalue weighted by Crippen LogP contribution is 2.23. The third kappa shape index (κ3) is 3.01. The summed E-state index contributed by atoms with van der Waals surface area (Å²) >= 11 is 3.16. The third-order valence-corrected chi connectivity index (χ3v) is 4.33. The second-order valence-corrected chi connectivity index (χ2v) is 5.51. The number of benzene rings is 1. The Balaban J connectivity index is 3.16. The van der Waals surface area contributed by atoms with E-state index in [1.54, 1.807) is 19.1 Å². The number of nitrogens with one attached hydrogen (secondary N) is 1. The van der Waals surface area contributed by atoms with Gasteiger partial charge < -0.3 is 5.11 Å². The van der Waals surface area contributed by atoms with Crippen LogP contribution < -0.4 is 4.72 Å². The van der Waals surface area contributed by atoms with Gasteiger partial charge in [-0.1, -0.05) is 13.0 Å². The van der Waals surface area contributed by atoms with E-state index < -0.39 is 10.0 Å². The average Bonchev–Trinajstić information content (AvgIpc) is 2.17. The van der Waals surface area contributed by atoms with Crippen molar-refractivity contribution in [3.63, 3.8) is 0 Å². The summed E-state index contributed by atoms with van der Waals surface area (Å²) in [5.41, 5.74) is 0.664. The number of halogens is 1. The van der Waals surface area contributed by atoms with Gasteiger partial charge in [0.25, 0.3) is 0 Å². The molecule has 1 aromatic rings. The molecule has 0 heterocycles. The van der Waals surface area contributed by atoms with Crippen molar-refractivity contribution < 1.29 is 13.5 Å². The van der Waals surface area contributed by atoms with E-state index in [1.165, 1.54) is 6.07 Å². The van der Waals surface area contributed by atoms with Gasteiger partial charge in [-0.05, 0) is 33.6 Å². The van der Waals surface area contributed by atoms with Crippen LogP contribution in [0.5, 0.6) is 0 Å². The van der Waals surface area contributed by atoms with Gasteiger partial charge in [0.1, 0.15) is 0 Å². The molecule has 1 rings (SSSR count). The first-order valence-corrected chi connectivity index (χ1v) is 6.68. The summed E-state index contributed by atoms with van der Waals surface area (Å²) in [6.45, 7) is 1.95. The van der Waals surface area contributed by atoms with Gasteiger partial charge in [-0.3, -0.25) is 0 Å². The maximum absolute atomic E-state index is 11.6. The molecule has 4 nitrogen and oxygen atoms in total. The fourth-order valence-electron chi connectivity index (χ4n) is 1.13. The molecule has 0 fully saturated rings. The van der Waals surface area contributed by atoms with Crippen molar-refractivity contribution in [2.24, 2.45) is 0 Å². The van der Waals surface area contributed by atoms with Crippen molar-refractivity contribution in [3.05, 3.63) is 28.2 Å². The zero-order valence-corrected chi connectivity index (χ0v) is 10.6. The van der Waals surface area contributed by atoms with Crippen molar-refractivity contribution in [2.45, 2.75) is 18.4 Å². The fraction of sp³-hybridized carbons (Fsp3) is 0.333. The number of hydrogen-bond donors (Lipinski definition) is 2. The first kappa shape index (κ1) is 12.6. The molecule has 6 heteroatoms. The van der Waals surface area contributed by atoms with Crippen LogP contribution in [0.3, 0.4) is 0 Å². The van der Waals surface area contributed by atoms with E-state index in [0.29, 0.717) is 16.6 Å². The Morgan fingerprint density at radius 1 is 1.47 bits per heavy atom. The Hall–Kier alpha value is -0.430. The number of hydrogen-bond acceptors (Lipinski definition) is 3. The Labute approximate surface area is 97.5 Å². The van der Waals surface area contributed by atoms with Crippen LogP contribution >= 0.6 is 15.9 Å². The molecule has 2 N–H and O–H groups in total. The minimum absolute atomic E-state index is 0.111. The molecule has 0 amide bonds. The van der Waals surface area contributed by atoms with Crippen molar-refractivity contribution in [1.82, 2.24) is 4.72 Å². The molecule has 0 aromatic heterocycles. The monoisotopic (exact) mass is 293 g/mol. The standard InChI is InChI=1S/C9H12BrNO3S/c1-2-11-15(13,14)9-4-3-7(6-12)5-8(9)10/h3-5,11-12H,2,6H2,1H3. The van der Waals surface area contributed by atoms with Crippen LogP contribution in [0.4, 0.5) is 0 Å². The molecular weight excluding hydrogens is 282 g/mol. The average molecular weight is 294 g/mol. The fourth-order valence-corrected chi connectivity index (χ4v) is 3.29. The maximum atomic E-state index is 11.6. The summed E-state index contributed by atoms with van der Waals surface area (Å²) in [5.74, 6) is 0. The van der Waals surface area contributed by atoms with Crippen LogP contribution in [-0.2, 0) is 16.6 Å². The number of aliphatic hydroxyl groups is 1. The molecule has 0 radical (unpaired) electrons. The van der Waals surface area contributed by atoms with Crippen molar-refractivity contribution in [3.8, 4) is 0 Å². The van der Waals surface area contributed by atoms with Gasteiger partial charge in [0.15, 0.2) is 0 Å². The summed E-state index contributed by atoms with van der Waals surface area (Å²) in [4.78, 5) is 0.182. The highest BCUT2D eigenvalue weighted by atomic mass is 79.9. The molecule has 1 aromatic carbocycles. The first-order chi connectivity index (χ1) is 7.01. The predicted octanol–water partition coefficient (Wildman–Crippen LogP) is 1.24. The normalized spacial score (nSPS) is 11.7. The number of aliphatic hydroxyl groups excluding tert-OH is 1. The minimum atomic E-state index is -3.44. The molecule has 0 aliphatic heterocycles. The van der Waals surface area contributed by atoms with Crippen LogP contribution in [0.1, 0.15) is 12.5 Å². The smallest absolute Gasteiger partial charge is 0.241 e. The van der Waals surface area contributed by atoms with Crippen LogP contribution in [0.25, 0.3) is 0 Å². The lowest BCUT2D eigenvalue weighted by molar-refractivity contribution is 0.281. The van der Waals surface area contributed by atoms with E-state index in [0.717, 1.165) is 0 Å². The molecular formula is C9H12BrNO3S. The van der Waals surface area contributed by atoms with Crippen molar-refractivity contribution in [2.75, 3.05) is 6.54 Å². The quantitative estimate of drug-likeness (QED) is 0.878. The molecule has 0 saturated heterocycles. The van der Waals surface area contributed by atoms with E-state index in [4.69, 9.17) is 5.11 Å². The van der Waals surface area contributed by atoms with Gasteiger partial charge in [-0.25, -0.2) is 13.1 Å². The number of rotatable bonds is 4. The molecule has 0 bridgehead atoms. The van der Waals surface area contributed by atoms with Crippen molar-refractivity contribution >= 4 is 26.0 Å². The summed E-state index contributed by atoms with van der Waals surface area (Å²) in [7, 11) is -3.44. The molecule has 84 valence electrons. The first-order valence-electron chi connectivity index (χ1n) is 4.40. The lowest BCUT2D eigenvalue weighted by Crippen LogP contribution is -2.23. The summed E-state index contributed by atoms with van der Waals surface area (Å²) in [6.07, 6.45) is 0. The van der Waals surface area contributed by atoms with Gasteiger partial charge >= 0.3 is 0 Å². The van der Waals surface area contributed by atoms with E-state index >= 15 is 0 Å². The Morgan fingerprint density at radius 2 is 2.13 bits per heavy atom. The van der Waals surface area contributed by atoms with Crippen molar-refractivity contribution in [1.29, 1.82) is 0 Å². The molecule has 0 unspecified atom stereocenters. The van der Waals surface area contributed by atoms with Gasteiger partial charge in [-0.15, -0.1) is 0 Å². The van der Waals surface area contributed by atoms with Crippen LogP contribution in [0.15, 0.2) is 27.6 Å². The Morgan fingerprint density at radius 3 is 2.60 bits per heavy atom. The van der Waals surface area contributed by atoms with Gasteiger partial charge in [0.05, 0.1) is 11.5 Å².